The smallest absolute Gasteiger partial charge is 0.356 e. The van der Waals surface area contributed by atoms with Gasteiger partial charge in [0, 0.05) is 24.4 Å². The summed E-state index contributed by atoms with van der Waals surface area (Å²) < 4.78 is 20.9. The molecule has 0 unspecified atom stereocenters. The quantitative estimate of drug-likeness (QED) is 0.356. The molecule has 1 aromatic carbocycles. The third-order valence-corrected chi connectivity index (χ3v) is 6.41. The number of esters is 1. The van der Waals surface area contributed by atoms with E-state index >= 15 is 0 Å². The van der Waals surface area contributed by atoms with E-state index in [1.165, 1.54) is 32.5 Å². The van der Waals surface area contributed by atoms with Crippen LogP contribution in [0.4, 0.5) is 0 Å². The number of aliphatic hydroxyl groups is 3. The van der Waals surface area contributed by atoms with Gasteiger partial charge in [0.15, 0.2) is 12.0 Å². The molecule has 196 valence electrons. The highest BCUT2D eigenvalue weighted by Crippen LogP contribution is 2.38. The fourth-order valence-electron chi connectivity index (χ4n) is 3.62. The molecule has 0 spiro atoms. The van der Waals surface area contributed by atoms with Crippen molar-refractivity contribution in [3.05, 3.63) is 56.8 Å². The molecule has 0 aliphatic carbocycles. The van der Waals surface area contributed by atoms with Crippen LogP contribution in [0.2, 0.25) is 10.0 Å². The van der Waals surface area contributed by atoms with E-state index in [0.717, 1.165) is 0 Å². The first-order chi connectivity index (χ1) is 17.1. The van der Waals surface area contributed by atoms with Crippen LogP contribution in [-0.2, 0) is 20.8 Å². The van der Waals surface area contributed by atoms with Gasteiger partial charge in [0.25, 0.3) is 5.91 Å². The molecular formula is C23H26Cl2N2O9. The van der Waals surface area contributed by atoms with Crippen molar-refractivity contribution in [2.45, 2.75) is 44.2 Å². The molecule has 1 aromatic heterocycles. The van der Waals surface area contributed by atoms with E-state index in [2.05, 4.69) is 15.0 Å². The van der Waals surface area contributed by atoms with Gasteiger partial charge in [-0.15, -0.1) is 0 Å². The number of aliphatic hydroxyl groups excluding tert-OH is 3. The summed E-state index contributed by atoms with van der Waals surface area (Å²) in [6.07, 6.45) is -3.68. The van der Waals surface area contributed by atoms with Crippen molar-refractivity contribution in [1.29, 1.82) is 0 Å². The zero-order valence-electron chi connectivity index (χ0n) is 19.6. The van der Waals surface area contributed by atoms with E-state index in [-0.39, 0.29) is 33.7 Å². The van der Waals surface area contributed by atoms with Gasteiger partial charge in [0.1, 0.15) is 36.7 Å². The van der Waals surface area contributed by atoms with Crippen molar-refractivity contribution in [3.63, 3.8) is 0 Å². The lowest BCUT2D eigenvalue weighted by Crippen LogP contribution is -2.64. The minimum absolute atomic E-state index is 0.0317. The van der Waals surface area contributed by atoms with Crippen molar-refractivity contribution in [3.8, 4) is 5.75 Å². The molecule has 13 heteroatoms. The fraction of sp³-hybridized carbons (Fsp3) is 0.435. The molecule has 1 fully saturated rings. The van der Waals surface area contributed by atoms with E-state index in [0.29, 0.717) is 11.1 Å². The van der Waals surface area contributed by atoms with Gasteiger partial charge in [-0.1, -0.05) is 29.3 Å². The van der Waals surface area contributed by atoms with Crippen LogP contribution in [0.15, 0.2) is 24.4 Å². The van der Waals surface area contributed by atoms with Gasteiger partial charge >= 0.3 is 5.97 Å². The van der Waals surface area contributed by atoms with Gasteiger partial charge in [0.2, 0.25) is 0 Å². The van der Waals surface area contributed by atoms with Crippen molar-refractivity contribution in [2.75, 3.05) is 20.8 Å². The predicted molar refractivity (Wildman–Crippen MR) is 127 cm³/mol. The monoisotopic (exact) mass is 544 g/mol. The minimum Gasteiger partial charge on any atom is -0.486 e. The van der Waals surface area contributed by atoms with E-state index in [9.17, 15) is 24.9 Å². The number of carbonyl (C=O) groups excluding carboxylic acids is 2. The van der Waals surface area contributed by atoms with Crippen LogP contribution in [0.3, 0.4) is 0 Å². The third-order valence-electron chi connectivity index (χ3n) is 5.68. The van der Waals surface area contributed by atoms with Gasteiger partial charge < -0.3 is 39.6 Å². The van der Waals surface area contributed by atoms with Crippen LogP contribution in [0.1, 0.15) is 32.0 Å². The first-order valence-electron chi connectivity index (χ1n) is 10.7. The maximum absolute atomic E-state index is 13.0. The second-order valence-electron chi connectivity index (χ2n) is 7.95. The summed E-state index contributed by atoms with van der Waals surface area (Å²) in [5.74, 6) is -1.08. The lowest BCUT2D eigenvalue weighted by atomic mass is 9.96. The molecule has 5 atom stereocenters. The minimum atomic E-state index is -1.47. The number of hydrogen-bond acceptors (Lipinski definition) is 10. The van der Waals surface area contributed by atoms with Crippen LogP contribution >= 0.6 is 23.2 Å². The number of nitrogens with one attached hydrogen (secondary N) is 1. The number of carbonyl (C=O) groups is 2. The average Bonchev–Trinajstić information content (AvgIpc) is 2.88. The SMILES string of the molecule is COC(=O)c1ccc(COc2c(Cl)cc(C(=O)N[C@H]3[C@@H](OC)O[C@H](CO)[C@@H](O)[C@@H]3O)c(C)c2Cl)cn1. The predicted octanol–water partition coefficient (Wildman–Crippen LogP) is 1.25. The molecule has 3 rings (SSSR count). The summed E-state index contributed by atoms with van der Waals surface area (Å²) in [6, 6.07) is 3.34. The van der Waals surface area contributed by atoms with Gasteiger partial charge in [-0.2, -0.15) is 0 Å². The Balaban J connectivity index is 1.75. The Morgan fingerprint density at radius 3 is 2.50 bits per heavy atom. The number of hydrogen-bond donors (Lipinski definition) is 4. The Kier molecular flexibility index (Phi) is 9.47. The highest BCUT2D eigenvalue weighted by Gasteiger charge is 2.45. The molecule has 1 saturated heterocycles. The molecule has 1 amide bonds. The molecule has 2 heterocycles. The van der Waals surface area contributed by atoms with Gasteiger partial charge in [0.05, 0.1) is 23.8 Å². The van der Waals surface area contributed by atoms with Crippen molar-refractivity contribution >= 4 is 35.1 Å². The Morgan fingerprint density at radius 1 is 1.19 bits per heavy atom. The molecule has 0 saturated carbocycles. The first kappa shape index (κ1) is 28.1. The molecule has 1 aliphatic rings. The number of amides is 1. The maximum atomic E-state index is 13.0. The Morgan fingerprint density at radius 2 is 1.92 bits per heavy atom. The molecule has 11 nitrogen and oxygen atoms in total. The van der Waals surface area contributed by atoms with E-state index in [1.807, 2.05) is 0 Å². The van der Waals surface area contributed by atoms with Gasteiger partial charge in [-0.05, 0) is 24.6 Å². The fourth-order valence-corrected chi connectivity index (χ4v) is 4.18. The molecular weight excluding hydrogens is 519 g/mol. The number of methoxy groups -OCH3 is 2. The maximum Gasteiger partial charge on any atom is 0.356 e. The lowest BCUT2D eigenvalue weighted by Gasteiger charge is -2.41. The summed E-state index contributed by atoms with van der Waals surface area (Å²) in [7, 11) is 2.56. The standard InChI is InChI=1S/C23H26Cl2N2O9/c1-10-12(21(31)27-17-19(30)18(29)15(8-28)36-23(17)34-3)6-13(24)20(16(10)25)35-9-11-4-5-14(26-7-11)22(32)33-2/h4-7,15,17-19,23,28-30H,8-9H2,1-3H3,(H,27,31)/t15-,17-,18-,19-,23+/m1/s1. The molecule has 36 heavy (non-hydrogen) atoms. The average molecular weight is 545 g/mol. The van der Waals surface area contributed by atoms with Crippen LogP contribution < -0.4 is 10.1 Å². The Hall–Kier alpha value is -2.51. The highest BCUT2D eigenvalue weighted by atomic mass is 35.5. The second kappa shape index (κ2) is 12.2. The highest BCUT2D eigenvalue weighted by molar-refractivity contribution is 6.38. The summed E-state index contributed by atoms with van der Waals surface area (Å²) in [5, 5.41) is 32.7. The van der Waals surface area contributed by atoms with Crippen LogP contribution in [0, 0.1) is 6.92 Å². The number of nitrogens with zero attached hydrogens (tertiary/aromatic N) is 1. The molecule has 0 bridgehead atoms. The zero-order chi connectivity index (χ0) is 26.6. The van der Waals surface area contributed by atoms with E-state index < -0.39 is 49.1 Å². The number of benzene rings is 1. The third kappa shape index (κ3) is 5.89. The summed E-state index contributed by atoms with van der Waals surface area (Å²) in [5.41, 5.74) is 1.22. The van der Waals surface area contributed by atoms with E-state index in [1.54, 1.807) is 13.0 Å². The van der Waals surface area contributed by atoms with Crippen LogP contribution in [0.5, 0.6) is 5.75 Å². The number of pyridine rings is 1. The summed E-state index contributed by atoms with van der Waals surface area (Å²) in [4.78, 5) is 28.5. The Labute approximate surface area is 216 Å². The van der Waals surface area contributed by atoms with Crippen molar-refractivity contribution in [2.24, 2.45) is 0 Å². The number of aromatic nitrogens is 1. The molecule has 2 aromatic rings. The molecule has 0 radical (unpaired) electrons. The van der Waals surface area contributed by atoms with Gasteiger partial charge in [-0.25, -0.2) is 9.78 Å². The van der Waals surface area contributed by atoms with Crippen LogP contribution in [0.25, 0.3) is 0 Å². The van der Waals surface area contributed by atoms with Crippen LogP contribution in [-0.4, -0.2) is 83.7 Å². The zero-order valence-corrected chi connectivity index (χ0v) is 21.1. The topological polar surface area (TPSA) is 157 Å². The van der Waals surface area contributed by atoms with E-state index in [4.69, 9.17) is 37.4 Å². The largest absolute Gasteiger partial charge is 0.486 e. The second-order valence-corrected chi connectivity index (χ2v) is 8.73. The van der Waals surface area contributed by atoms with Crippen molar-refractivity contribution < 1.29 is 43.9 Å². The Bertz CT molecular complexity index is 1100. The molecule has 4 N–H and O–H groups in total. The van der Waals surface area contributed by atoms with Crippen molar-refractivity contribution in [1.82, 2.24) is 10.3 Å². The lowest BCUT2D eigenvalue weighted by molar-refractivity contribution is -0.261. The first-order valence-corrected chi connectivity index (χ1v) is 11.5. The number of ether oxygens (including phenoxy) is 4. The molecule has 1 aliphatic heterocycles. The summed E-state index contributed by atoms with van der Waals surface area (Å²) in [6.45, 7) is 1.07. The number of halogens is 2. The normalized spacial score (nSPS) is 23.7. The summed E-state index contributed by atoms with van der Waals surface area (Å²) >= 11 is 12.8. The number of rotatable bonds is 8. The van der Waals surface area contributed by atoms with Gasteiger partial charge in [-0.3, -0.25) is 4.79 Å².